The second-order valence-electron chi connectivity index (χ2n) is 8.11. The van der Waals surface area contributed by atoms with Crippen LogP contribution in [0.2, 0.25) is 0 Å². The topological polar surface area (TPSA) is 80.7 Å². The molecule has 0 fully saturated rings. The van der Waals surface area contributed by atoms with Gasteiger partial charge in [-0.2, -0.15) is 4.52 Å². The number of nitrogens with one attached hydrogen (secondary N) is 1. The molecule has 0 unspecified atom stereocenters. The van der Waals surface area contributed by atoms with Gasteiger partial charge in [0.15, 0.2) is 11.4 Å². The molecule has 0 amide bonds. The summed E-state index contributed by atoms with van der Waals surface area (Å²) in [6, 6.07) is 14.3. The van der Waals surface area contributed by atoms with Crippen molar-refractivity contribution < 1.29 is 9.15 Å². The van der Waals surface area contributed by atoms with Crippen LogP contribution < -0.4 is 5.32 Å². The highest BCUT2D eigenvalue weighted by atomic mass is 16.5. The van der Waals surface area contributed by atoms with E-state index in [1.54, 1.807) is 17.9 Å². The average Bonchev–Trinajstić information content (AvgIpc) is 3.55. The van der Waals surface area contributed by atoms with Gasteiger partial charge in [0.2, 0.25) is 11.8 Å². The summed E-state index contributed by atoms with van der Waals surface area (Å²) >= 11 is 0. The Morgan fingerprint density at radius 2 is 2.06 bits per heavy atom. The molecule has 0 radical (unpaired) electrons. The van der Waals surface area contributed by atoms with Crippen molar-refractivity contribution in [2.24, 2.45) is 0 Å². The van der Waals surface area contributed by atoms with E-state index in [9.17, 15) is 0 Å². The molecule has 1 aliphatic rings. The van der Waals surface area contributed by atoms with Gasteiger partial charge in [0.25, 0.3) is 0 Å². The summed E-state index contributed by atoms with van der Waals surface area (Å²) in [5.41, 5.74) is 4.56. The third kappa shape index (κ3) is 4.81. The van der Waals surface area contributed by atoms with Crippen molar-refractivity contribution in [3.8, 4) is 11.6 Å². The number of nitrogens with zero attached hydrogens (tertiary/aromatic N) is 5. The molecule has 170 valence electrons. The van der Waals surface area contributed by atoms with E-state index in [0.717, 1.165) is 50.2 Å². The van der Waals surface area contributed by atoms with Crippen LogP contribution in [0.25, 0.3) is 22.8 Å². The quantitative estimate of drug-likeness (QED) is 0.389. The summed E-state index contributed by atoms with van der Waals surface area (Å²) in [5.74, 6) is 1.86. The van der Waals surface area contributed by atoms with Crippen LogP contribution in [0.1, 0.15) is 24.0 Å². The van der Waals surface area contributed by atoms with Gasteiger partial charge in [-0.25, -0.2) is 9.97 Å². The van der Waals surface area contributed by atoms with E-state index < -0.39 is 0 Å². The van der Waals surface area contributed by atoms with E-state index in [0.29, 0.717) is 24.1 Å². The lowest BCUT2D eigenvalue weighted by Gasteiger charge is -2.26. The van der Waals surface area contributed by atoms with Crippen molar-refractivity contribution in [2.75, 3.05) is 38.7 Å². The lowest BCUT2D eigenvalue weighted by atomic mass is 9.99. The number of furan rings is 1. The Labute approximate surface area is 192 Å². The summed E-state index contributed by atoms with van der Waals surface area (Å²) in [7, 11) is 1.71. The molecule has 0 saturated carbocycles. The van der Waals surface area contributed by atoms with Crippen LogP contribution in [0.4, 0.5) is 5.95 Å². The summed E-state index contributed by atoms with van der Waals surface area (Å²) in [5, 5.41) is 8.04. The van der Waals surface area contributed by atoms with E-state index in [2.05, 4.69) is 56.7 Å². The molecule has 1 aliphatic heterocycles. The normalized spacial score (nSPS) is 14.5. The third-order valence-corrected chi connectivity index (χ3v) is 5.82. The maximum absolute atomic E-state index is 5.53. The first-order valence-electron chi connectivity index (χ1n) is 11.3. The number of anilines is 1. The number of rotatable bonds is 9. The van der Waals surface area contributed by atoms with Crippen molar-refractivity contribution in [1.82, 2.24) is 24.5 Å². The fourth-order valence-electron chi connectivity index (χ4n) is 4.09. The average molecular weight is 445 g/mol. The minimum Gasteiger partial charge on any atom is -0.461 e. The smallest absolute Gasteiger partial charge is 0.225 e. The summed E-state index contributed by atoms with van der Waals surface area (Å²) in [6.45, 7) is 4.08. The predicted molar refractivity (Wildman–Crippen MR) is 128 cm³/mol. The van der Waals surface area contributed by atoms with Gasteiger partial charge in [-0.3, -0.25) is 4.90 Å². The Morgan fingerprint density at radius 3 is 2.82 bits per heavy atom. The molecule has 0 atom stereocenters. The Hall–Kier alpha value is -3.49. The van der Waals surface area contributed by atoms with Gasteiger partial charge >= 0.3 is 0 Å². The largest absolute Gasteiger partial charge is 0.461 e. The van der Waals surface area contributed by atoms with Crippen LogP contribution in [-0.4, -0.2) is 57.8 Å². The first kappa shape index (κ1) is 21.4. The minimum absolute atomic E-state index is 0.555. The van der Waals surface area contributed by atoms with Crippen LogP contribution in [0.3, 0.4) is 0 Å². The zero-order valence-electron chi connectivity index (χ0n) is 18.8. The molecule has 1 aromatic carbocycles. The van der Waals surface area contributed by atoms with Gasteiger partial charge in [0.1, 0.15) is 0 Å². The zero-order chi connectivity index (χ0) is 22.5. The van der Waals surface area contributed by atoms with Crippen molar-refractivity contribution in [3.63, 3.8) is 0 Å². The SMILES string of the molecule is COCCCNc1ncc(CN2CC=C(c3ccccc3)CC2)c2nc(-c3ccco3)nn12. The zero-order valence-corrected chi connectivity index (χ0v) is 18.8. The van der Waals surface area contributed by atoms with Gasteiger partial charge in [-0.1, -0.05) is 36.4 Å². The summed E-state index contributed by atoms with van der Waals surface area (Å²) in [6.07, 6.45) is 7.77. The summed E-state index contributed by atoms with van der Waals surface area (Å²) < 4.78 is 12.5. The van der Waals surface area contributed by atoms with E-state index in [1.807, 2.05) is 18.3 Å². The molecule has 4 heterocycles. The fourth-order valence-corrected chi connectivity index (χ4v) is 4.09. The number of methoxy groups -OCH3 is 1. The van der Waals surface area contributed by atoms with Gasteiger partial charge < -0.3 is 14.5 Å². The molecule has 3 aromatic heterocycles. The molecule has 8 heteroatoms. The highest BCUT2D eigenvalue weighted by Gasteiger charge is 2.19. The number of aromatic nitrogens is 4. The van der Waals surface area contributed by atoms with Crippen LogP contribution in [-0.2, 0) is 11.3 Å². The molecular formula is C25H28N6O2. The number of hydrogen-bond donors (Lipinski definition) is 1. The third-order valence-electron chi connectivity index (χ3n) is 5.82. The number of benzene rings is 1. The molecule has 8 nitrogen and oxygen atoms in total. The maximum Gasteiger partial charge on any atom is 0.225 e. The van der Waals surface area contributed by atoms with E-state index in [4.69, 9.17) is 14.1 Å². The highest BCUT2D eigenvalue weighted by molar-refractivity contribution is 5.66. The Kier molecular flexibility index (Phi) is 6.46. The van der Waals surface area contributed by atoms with Gasteiger partial charge in [0, 0.05) is 51.7 Å². The number of ether oxygens (including phenoxy) is 1. The van der Waals surface area contributed by atoms with Gasteiger partial charge in [-0.05, 0) is 36.1 Å². The summed E-state index contributed by atoms with van der Waals surface area (Å²) in [4.78, 5) is 11.9. The van der Waals surface area contributed by atoms with Crippen LogP contribution in [0, 0.1) is 0 Å². The molecule has 4 aromatic rings. The molecule has 0 saturated heterocycles. The molecule has 0 aliphatic carbocycles. The first-order chi connectivity index (χ1) is 16.3. The monoisotopic (exact) mass is 444 g/mol. The number of hydrogen-bond acceptors (Lipinski definition) is 7. The van der Waals surface area contributed by atoms with Crippen molar-refractivity contribution in [2.45, 2.75) is 19.4 Å². The van der Waals surface area contributed by atoms with Crippen LogP contribution >= 0.6 is 0 Å². The fraction of sp³-hybridized carbons (Fsp3) is 0.320. The van der Waals surface area contributed by atoms with E-state index in [-0.39, 0.29) is 0 Å². The Bertz CT molecular complexity index is 1220. The van der Waals surface area contributed by atoms with Crippen molar-refractivity contribution in [3.05, 3.63) is 72.1 Å². The van der Waals surface area contributed by atoms with Crippen molar-refractivity contribution >= 4 is 17.2 Å². The second-order valence-corrected chi connectivity index (χ2v) is 8.11. The maximum atomic E-state index is 5.53. The molecule has 1 N–H and O–H groups in total. The van der Waals surface area contributed by atoms with E-state index >= 15 is 0 Å². The first-order valence-corrected chi connectivity index (χ1v) is 11.3. The Morgan fingerprint density at radius 1 is 1.15 bits per heavy atom. The van der Waals surface area contributed by atoms with Gasteiger partial charge in [0.05, 0.1) is 6.26 Å². The molecule has 5 rings (SSSR count). The van der Waals surface area contributed by atoms with E-state index in [1.165, 1.54) is 11.1 Å². The van der Waals surface area contributed by atoms with Crippen LogP contribution in [0.15, 0.2) is 65.4 Å². The molecule has 33 heavy (non-hydrogen) atoms. The van der Waals surface area contributed by atoms with Crippen molar-refractivity contribution in [1.29, 1.82) is 0 Å². The van der Waals surface area contributed by atoms with Crippen LogP contribution in [0.5, 0.6) is 0 Å². The highest BCUT2D eigenvalue weighted by Crippen LogP contribution is 2.25. The standard InChI is InChI=1S/C25H28N6O2/c1-32-15-6-12-26-25-27-17-21(24-28-23(29-31(24)25)22-9-5-16-33-22)18-30-13-10-20(11-14-30)19-7-3-2-4-8-19/h2-5,7-10,16-17H,6,11-15,18H2,1H3,(H,26,27). The Balaban J connectivity index is 1.38. The second kappa shape index (κ2) is 9.97. The predicted octanol–water partition coefficient (Wildman–Crippen LogP) is 4.12. The van der Waals surface area contributed by atoms with Gasteiger partial charge in [-0.15, -0.1) is 5.10 Å². The minimum atomic E-state index is 0.555. The molecule has 0 spiro atoms. The lowest BCUT2D eigenvalue weighted by molar-refractivity contribution is 0.197. The molecular weight excluding hydrogens is 416 g/mol. The lowest BCUT2D eigenvalue weighted by Crippen LogP contribution is -2.28. The number of fused-ring (bicyclic) bond motifs is 1. The molecule has 0 bridgehead atoms.